The minimum atomic E-state index is -0.930. The lowest BCUT2D eigenvalue weighted by Gasteiger charge is -2.29. The molecule has 1 aromatic carbocycles. The smallest absolute Gasteiger partial charge is 0.275 e. The Bertz CT molecular complexity index is 746. The van der Waals surface area contributed by atoms with Crippen LogP contribution >= 0.6 is 0 Å². The predicted molar refractivity (Wildman–Crippen MR) is 90.8 cm³/mol. The van der Waals surface area contributed by atoms with Crippen LogP contribution in [0.5, 0.6) is 0 Å². The first-order chi connectivity index (χ1) is 12.0. The van der Waals surface area contributed by atoms with Gasteiger partial charge in [-0.1, -0.05) is 18.2 Å². The summed E-state index contributed by atoms with van der Waals surface area (Å²) in [4.78, 5) is 23.7. The summed E-state index contributed by atoms with van der Waals surface area (Å²) in [5, 5.41) is 28.4. The maximum Gasteiger partial charge on any atom is 0.275 e. The number of carbonyl (C=O) groups excluding carboxylic acids is 1. The molecule has 25 heavy (non-hydrogen) atoms. The molecule has 1 unspecified atom stereocenters. The predicted octanol–water partition coefficient (Wildman–Crippen LogP) is 0.293. The SMILES string of the molecule is O=C1CNC(C2=CCN(CC(O)c3ccccc3[N+](=O)[O-])CC2)=NN1. The third-order valence-corrected chi connectivity index (χ3v) is 4.23. The third-order valence-electron chi connectivity index (χ3n) is 4.23. The number of benzene rings is 1. The van der Waals surface area contributed by atoms with E-state index in [-0.39, 0.29) is 18.1 Å². The van der Waals surface area contributed by atoms with E-state index < -0.39 is 11.0 Å². The van der Waals surface area contributed by atoms with Crippen molar-refractivity contribution < 1.29 is 14.8 Å². The average molecular weight is 345 g/mol. The van der Waals surface area contributed by atoms with Crippen molar-refractivity contribution in [1.82, 2.24) is 15.6 Å². The van der Waals surface area contributed by atoms with Gasteiger partial charge in [-0.15, -0.1) is 0 Å². The quantitative estimate of drug-likeness (QED) is 0.521. The van der Waals surface area contributed by atoms with Crippen LogP contribution in [0.2, 0.25) is 0 Å². The van der Waals surface area contributed by atoms with Crippen molar-refractivity contribution in [1.29, 1.82) is 0 Å². The van der Waals surface area contributed by atoms with Crippen LogP contribution in [0.4, 0.5) is 5.69 Å². The molecule has 2 aliphatic rings. The zero-order valence-corrected chi connectivity index (χ0v) is 13.5. The molecule has 132 valence electrons. The number of nitro benzene ring substituents is 1. The average Bonchev–Trinajstić information content (AvgIpc) is 2.63. The fourth-order valence-electron chi connectivity index (χ4n) is 2.92. The Labute approximate surface area is 144 Å². The summed E-state index contributed by atoms with van der Waals surface area (Å²) in [6.45, 7) is 1.81. The van der Waals surface area contributed by atoms with E-state index in [1.54, 1.807) is 18.2 Å². The Hall–Kier alpha value is -2.78. The van der Waals surface area contributed by atoms with Gasteiger partial charge in [0.1, 0.15) is 5.84 Å². The van der Waals surface area contributed by atoms with Gasteiger partial charge in [-0.3, -0.25) is 19.8 Å². The van der Waals surface area contributed by atoms with Crippen molar-refractivity contribution in [3.63, 3.8) is 0 Å². The van der Waals surface area contributed by atoms with Gasteiger partial charge in [-0.25, -0.2) is 5.43 Å². The van der Waals surface area contributed by atoms with E-state index in [9.17, 15) is 20.0 Å². The van der Waals surface area contributed by atoms with Crippen molar-refractivity contribution in [3.05, 3.63) is 51.6 Å². The van der Waals surface area contributed by atoms with E-state index in [0.717, 1.165) is 5.57 Å². The molecule has 1 aromatic rings. The van der Waals surface area contributed by atoms with Crippen LogP contribution in [0.3, 0.4) is 0 Å². The number of nitrogens with one attached hydrogen (secondary N) is 2. The van der Waals surface area contributed by atoms with Crippen LogP contribution in [-0.4, -0.2) is 52.9 Å². The number of nitro groups is 1. The number of hydrogen-bond donors (Lipinski definition) is 3. The molecular weight excluding hydrogens is 326 g/mol. The lowest BCUT2D eigenvalue weighted by atomic mass is 10.0. The van der Waals surface area contributed by atoms with Gasteiger partial charge in [0.2, 0.25) is 0 Å². The highest BCUT2D eigenvalue weighted by molar-refractivity contribution is 6.02. The number of carbonyl (C=O) groups is 1. The summed E-state index contributed by atoms with van der Waals surface area (Å²) in [6, 6.07) is 6.24. The van der Waals surface area contributed by atoms with Crippen molar-refractivity contribution in [2.45, 2.75) is 12.5 Å². The largest absolute Gasteiger partial charge is 0.387 e. The van der Waals surface area contributed by atoms with Gasteiger partial charge in [0.25, 0.3) is 11.6 Å². The van der Waals surface area contributed by atoms with Gasteiger partial charge >= 0.3 is 0 Å². The van der Waals surface area contributed by atoms with Crippen molar-refractivity contribution in [2.24, 2.45) is 5.10 Å². The number of hydrogen-bond acceptors (Lipinski definition) is 7. The molecule has 9 nitrogen and oxygen atoms in total. The molecule has 0 fully saturated rings. The Balaban J connectivity index is 1.62. The lowest BCUT2D eigenvalue weighted by Crippen LogP contribution is -2.44. The van der Waals surface area contributed by atoms with Crippen molar-refractivity contribution in [2.75, 3.05) is 26.2 Å². The molecule has 1 amide bonds. The topological polar surface area (TPSA) is 120 Å². The number of rotatable bonds is 5. The normalized spacial score (nSPS) is 19.3. The van der Waals surface area contributed by atoms with Crippen molar-refractivity contribution in [3.8, 4) is 0 Å². The highest BCUT2D eigenvalue weighted by Gasteiger charge is 2.24. The molecular formula is C16H19N5O4. The van der Waals surface area contributed by atoms with Gasteiger partial charge in [-0.2, -0.15) is 5.10 Å². The second-order valence-corrected chi connectivity index (χ2v) is 5.92. The zero-order valence-electron chi connectivity index (χ0n) is 13.5. The summed E-state index contributed by atoms with van der Waals surface area (Å²) in [5.41, 5.74) is 3.70. The van der Waals surface area contributed by atoms with Crippen LogP contribution in [0, 0.1) is 10.1 Å². The van der Waals surface area contributed by atoms with Gasteiger partial charge < -0.3 is 10.4 Å². The van der Waals surface area contributed by atoms with Crippen LogP contribution in [-0.2, 0) is 4.79 Å². The molecule has 0 bridgehead atoms. The molecule has 2 aliphatic heterocycles. The zero-order chi connectivity index (χ0) is 17.8. The number of amidine groups is 1. The third kappa shape index (κ3) is 4.01. The van der Waals surface area contributed by atoms with E-state index in [1.165, 1.54) is 6.07 Å². The number of aliphatic hydroxyl groups excluding tert-OH is 1. The number of para-hydroxylation sites is 1. The number of aliphatic hydroxyl groups is 1. The van der Waals surface area contributed by atoms with E-state index in [0.29, 0.717) is 37.5 Å². The molecule has 2 heterocycles. The first kappa shape index (κ1) is 17.1. The Morgan fingerprint density at radius 2 is 2.20 bits per heavy atom. The molecule has 1 atom stereocenters. The fraction of sp³-hybridized carbons (Fsp3) is 0.375. The van der Waals surface area contributed by atoms with Crippen LogP contribution in [0.1, 0.15) is 18.1 Å². The van der Waals surface area contributed by atoms with Gasteiger partial charge in [0, 0.05) is 25.7 Å². The summed E-state index contributed by atoms with van der Waals surface area (Å²) in [7, 11) is 0. The molecule has 0 saturated heterocycles. The highest BCUT2D eigenvalue weighted by Crippen LogP contribution is 2.26. The molecule has 0 saturated carbocycles. The van der Waals surface area contributed by atoms with Gasteiger partial charge in [0.05, 0.1) is 23.1 Å². The maximum atomic E-state index is 11.1. The first-order valence-corrected chi connectivity index (χ1v) is 7.98. The number of nitrogens with zero attached hydrogens (tertiary/aromatic N) is 3. The molecule has 0 radical (unpaired) electrons. The molecule has 9 heteroatoms. The molecule has 3 N–H and O–H groups in total. The maximum absolute atomic E-state index is 11.1. The Morgan fingerprint density at radius 1 is 1.40 bits per heavy atom. The fourth-order valence-corrected chi connectivity index (χ4v) is 2.92. The highest BCUT2D eigenvalue weighted by atomic mass is 16.6. The van der Waals surface area contributed by atoms with Crippen molar-refractivity contribution >= 4 is 17.4 Å². The summed E-state index contributed by atoms with van der Waals surface area (Å²) < 4.78 is 0. The molecule has 0 spiro atoms. The van der Waals surface area contributed by atoms with Crippen LogP contribution in [0.25, 0.3) is 0 Å². The number of hydrazone groups is 1. The Kier molecular flexibility index (Phi) is 5.05. The van der Waals surface area contributed by atoms with E-state index in [4.69, 9.17) is 0 Å². The summed E-state index contributed by atoms with van der Waals surface area (Å²) in [6.07, 6.45) is 1.77. The van der Waals surface area contributed by atoms with E-state index in [1.807, 2.05) is 11.0 Å². The lowest BCUT2D eigenvalue weighted by molar-refractivity contribution is -0.386. The molecule has 3 rings (SSSR count). The Morgan fingerprint density at radius 3 is 2.84 bits per heavy atom. The monoisotopic (exact) mass is 345 g/mol. The summed E-state index contributed by atoms with van der Waals surface area (Å²) >= 11 is 0. The van der Waals surface area contributed by atoms with Gasteiger partial charge in [0.15, 0.2) is 0 Å². The second-order valence-electron chi connectivity index (χ2n) is 5.92. The molecule has 0 aliphatic carbocycles. The minimum absolute atomic E-state index is 0.0697. The van der Waals surface area contributed by atoms with Gasteiger partial charge in [-0.05, 0) is 18.1 Å². The van der Waals surface area contributed by atoms with Crippen LogP contribution < -0.4 is 10.7 Å². The first-order valence-electron chi connectivity index (χ1n) is 7.98. The summed E-state index contributed by atoms with van der Waals surface area (Å²) in [5.74, 6) is 0.493. The molecule has 0 aromatic heterocycles. The van der Waals surface area contributed by atoms with Crippen LogP contribution in [0.15, 0.2) is 41.0 Å². The van der Waals surface area contributed by atoms with E-state index >= 15 is 0 Å². The minimum Gasteiger partial charge on any atom is -0.387 e. The second kappa shape index (κ2) is 7.41. The van der Waals surface area contributed by atoms with E-state index in [2.05, 4.69) is 15.8 Å². The number of amides is 1. The number of β-amino-alcohol motifs (C(OH)–C–C–N with tert-alkyl or cyclic N) is 1. The standard InChI is InChI=1S/C16H19N5O4/c22-14(12-3-1-2-4-13(12)21(24)25)10-20-7-5-11(6-8-20)16-17-9-15(23)18-19-16/h1-5,14,22H,6-10H2,(H,17,19)(H,18,23).